The molecular formula is C13H9Cl2NO. The van der Waals surface area contributed by atoms with E-state index in [1.54, 1.807) is 30.5 Å². The second-order valence-electron chi connectivity index (χ2n) is 3.48. The molecule has 0 spiro atoms. The van der Waals surface area contributed by atoms with Crippen molar-refractivity contribution < 1.29 is 4.79 Å². The first-order valence-corrected chi connectivity index (χ1v) is 5.72. The average Bonchev–Trinajstić information content (AvgIpc) is 2.75. The molecule has 0 saturated heterocycles. The number of carbonyl (C=O) groups is 1. The summed E-state index contributed by atoms with van der Waals surface area (Å²) in [4.78, 5) is 14.5. The summed E-state index contributed by atoms with van der Waals surface area (Å²) in [5, 5.41) is 1.19. The number of rotatable bonds is 3. The van der Waals surface area contributed by atoms with Crippen LogP contribution in [-0.4, -0.2) is 10.8 Å². The molecule has 0 aliphatic heterocycles. The molecule has 0 aliphatic carbocycles. The number of ketones is 1. The zero-order valence-electron chi connectivity index (χ0n) is 8.78. The second kappa shape index (κ2) is 5.21. The van der Waals surface area contributed by atoms with E-state index in [0.29, 0.717) is 15.7 Å². The molecule has 2 nitrogen and oxygen atoms in total. The summed E-state index contributed by atoms with van der Waals surface area (Å²) in [5.41, 5.74) is 1.39. The van der Waals surface area contributed by atoms with Gasteiger partial charge in [0.15, 0.2) is 0 Å². The van der Waals surface area contributed by atoms with Crippen molar-refractivity contribution in [3.63, 3.8) is 0 Å². The minimum atomic E-state index is -0.119. The second-order valence-corrected chi connectivity index (χ2v) is 4.35. The largest absolute Gasteiger partial charge is 0.357 e. The molecule has 0 atom stereocenters. The molecule has 2 aromatic rings. The molecule has 0 bridgehead atoms. The molecule has 86 valence electrons. The number of H-pyrrole nitrogens is 1. The highest BCUT2D eigenvalue weighted by Crippen LogP contribution is 2.13. The van der Waals surface area contributed by atoms with Gasteiger partial charge in [0.1, 0.15) is 0 Å². The van der Waals surface area contributed by atoms with Gasteiger partial charge in [-0.15, -0.1) is 0 Å². The summed E-state index contributed by atoms with van der Waals surface area (Å²) in [6, 6.07) is 8.83. The average molecular weight is 266 g/mol. The maximum absolute atomic E-state index is 11.7. The van der Waals surface area contributed by atoms with Crippen LogP contribution in [0.15, 0.2) is 42.6 Å². The van der Waals surface area contributed by atoms with Crippen molar-refractivity contribution in [2.45, 2.75) is 0 Å². The summed E-state index contributed by atoms with van der Waals surface area (Å²) >= 11 is 11.5. The van der Waals surface area contributed by atoms with Crippen LogP contribution in [0.5, 0.6) is 0 Å². The molecule has 0 aliphatic rings. The molecule has 0 fully saturated rings. The molecule has 17 heavy (non-hydrogen) atoms. The number of aromatic nitrogens is 1. The van der Waals surface area contributed by atoms with Gasteiger partial charge in [0, 0.05) is 11.2 Å². The van der Waals surface area contributed by atoms with Crippen LogP contribution in [0.3, 0.4) is 0 Å². The number of nitrogens with one attached hydrogen (secondary N) is 1. The Morgan fingerprint density at radius 1 is 1.12 bits per heavy atom. The summed E-state index contributed by atoms with van der Waals surface area (Å²) in [6.45, 7) is 0. The normalized spacial score (nSPS) is 10.9. The van der Waals surface area contributed by atoms with Gasteiger partial charge in [-0.1, -0.05) is 41.4 Å². The van der Waals surface area contributed by atoms with Crippen LogP contribution in [0.25, 0.3) is 6.08 Å². The van der Waals surface area contributed by atoms with Gasteiger partial charge in [-0.05, 0) is 29.8 Å². The van der Waals surface area contributed by atoms with Crippen LogP contribution >= 0.6 is 23.2 Å². The molecule has 1 aromatic heterocycles. The van der Waals surface area contributed by atoms with Crippen molar-refractivity contribution in [3.05, 3.63) is 63.9 Å². The first kappa shape index (κ1) is 12.0. The van der Waals surface area contributed by atoms with Gasteiger partial charge >= 0.3 is 0 Å². The third-order valence-electron chi connectivity index (χ3n) is 2.21. The van der Waals surface area contributed by atoms with Crippen LogP contribution in [0.1, 0.15) is 16.1 Å². The first-order valence-electron chi connectivity index (χ1n) is 4.97. The van der Waals surface area contributed by atoms with Gasteiger partial charge in [0.05, 0.1) is 10.7 Å². The maximum Gasteiger partial charge on any atom is 0.202 e. The number of halogens is 2. The fourth-order valence-electron chi connectivity index (χ4n) is 1.35. The van der Waals surface area contributed by atoms with E-state index in [1.807, 2.05) is 12.1 Å². The monoisotopic (exact) mass is 265 g/mol. The van der Waals surface area contributed by atoms with Gasteiger partial charge in [-0.25, -0.2) is 0 Å². The number of hydrogen-bond acceptors (Lipinski definition) is 1. The summed E-state index contributed by atoms with van der Waals surface area (Å²) < 4.78 is 0. The highest BCUT2D eigenvalue weighted by molar-refractivity contribution is 6.31. The van der Waals surface area contributed by atoms with Gasteiger partial charge in [0.2, 0.25) is 5.78 Å². The Bertz CT molecular complexity index is 555. The lowest BCUT2D eigenvalue weighted by atomic mass is 10.2. The molecule has 0 unspecified atom stereocenters. The lowest BCUT2D eigenvalue weighted by molar-refractivity contribution is 0.104. The zero-order chi connectivity index (χ0) is 12.3. The zero-order valence-corrected chi connectivity index (χ0v) is 10.3. The molecule has 1 aromatic carbocycles. The predicted molar refractivity (Wildman–Crippen MR) is 70.6 cm³/mol. The van der Waals surface area contributed by atoms with E-state index in [1.165, 1.54) is 6.08 Å². The third-order valence-corrected chi connectivity index (χ3v) is 2.68. The lowest BCUT2D eigenvalue weighted by Gasteiger charge is -1.93. The molecule has 2 rings (SSSR count). The molecule has 4 heteroatoms. The fourth-order valence-corrected chi connectivity index (χ4v) is 1.64. The molecule has 0 amide bonds. The predicted octanol–water partition coefficient (Wildman–Crippen LogP) is 4.22. The van der Waals surface area contributed by atoms with Gasteiger partial charge in [-0.3, -0.25) is 4.79 Å². The standard InChI is InChI=1S/C13H9Cl2NO/c14-10-4-1-9(2-5-10)3-6-13(17)12-7-11(15)8-16-12/h1-8,16H/b6-3+. The van der Waals surface area contributed by atoms with Crippen molar-refractivity contribution in [2.24, 2.45) is 0 Å². The number of allylic oxidation sites excluding steroid dienone is 1. The van der Waals surface area contributed by atoms with Crippen LogP contribution in [-0.2, 0) is 0 Å². The Kier molecular flexibility index (Phi) is 3.67. The van der Waals surface area contributed by atoms with E-state index in [0.717, 1.165) is 5.56 Å². The van der Waals surface area contributed by atoms with E-state index < -0.39 is 0 Å². The minimum Gasteiger partial charge on any atom is -0.357 e. The molecule has 1 heterocycles. The van der Waals surface area contributed by atoms with Crippen molar-refractivity contribution in [1.82, 2.24) is 4.98 Å². The van der Waals surface area contributed by atoms with E-state index >= 15 is 0 Å². The molecule has 1 N–H and O–H groups in total. The van der Waals surface area contributed by atoms with E-state index in [2.05, 4.69) is 4.98 Å². The van der Waals surface area contributed by atoms with Crippen molar-refractivity contribution in [2.75, 3.05) is 0 Å². The highest BCUT2D eigenvalue weighted by Gasteiger charge is 2.03. The Morgan fingerprint density at radius 2 is 1.82 bits per heavy atom. The third kappa shape index (κ3) is 3.22. The van der Waals surface area contributed by atoms with Gasteiger partial charge < -0.3 is 4.98 Å². The molecule has 0 saturated carbocycles. The Balaban J connectivity index is 2.10. The van der Waals surface area contributed by atoms with Crippen molar-refractivity contribution in [3.8, 4) is 0 Å². The van der Waals surface area contributed by atoms with E-state index in [-0.39, 0.29) is 5.78 Å². The highest BCUT2D eigenvalue weighted by atomic mass is 35.5. The van der Waals surface area contributed by atoms with Crippen LogP contribution in [0, 0.1) is 0 Å². The summed E-state index contributed by atoms with van der Waals surface area (Å²) in [6.07, 6.45) is 4.80. The maximum atomic E-state index is 11.7. The van der Waals surface area contributed by atoms with Crippen molar-refractivity contribution >= 4 is 35.1 Å². The number of benzene rings is 1. The SMILES string of the molecule is O=C(/C=C/c1ccc(Cl)cc1)c1cc(Cl)c[nH]1. The van der Waals surface area contributed by atoms with Crippen LogP contribution in [0.4, 0.5) is 0 Å². The number of aromatic amines is 1. The summed E-state index contributed by atoms with van der Waals surface area (Å²) in [7, 11) is 0. The van der Waals surface area contributed by atoms with Gasteiger partial charge in [0.25, 0.3) is 0 Å². The Morgan fingerprint density at radius 3 is 2.41 bits per heavy atom. The minimum absolute atomic E-state index is 0.119. The molecule has 0 radical (unpaired) electrons. The quantitative estimate of drug-likeness (QED) is 0.654. The summed E-state index contributed by atoms with van der Waals surface area (Å²) in [5.74, 6) is -0.119. The fraction of sp³-hybridized carbons (Fsp3) is 0. The van der Waals surface area contributed by atoms with Crippen molar-refractivity contribution in [1.29, 1.82) is 0 Å². The smallest absolute Gasteiger partial charge is 0.202 e. The van der Waals surface area contributed by atoms with E-state index in [9.17, 15) is 4.79 Å². The Labute approximate surface area is 109 Å². The number of carbonyl (C=O) groups excluding carboxylic acids is 1. The van der Waals surface area contributed by atoms with Gasteiger partial charge in [-0.2, -0.15) is 0 Å². The Hall–Kier alpha value is -1.51. The topological polar surface area (TPSA) is 32.9 Å². The van der Waals surface area contributed by atoms with Crippen LogP contribution in [0.2, 0.25) is 10.0 Å². The van der Waals surface area contributed by atoms with E-state index in [4.69, 9.17) is 23.2 Å². The molecular weight excluding hydrogens is 257 g/mol. The number of hydrogen-bond donors (Lipinski definition) is 1. The first-order chi connectivity index (χ1) is 8.15. The lowest BCUT2D eigenvalue weighted by Crippen LogP contribution is -1.93. The van der Waals surface area contributed by atoms with Crippen LogP contribution < -0.4 is 0 Å².